The van der Waals surface area contributed by atoms with Crippen LogP contribution < -0.4 is 5.32 Å². The number of benzene rings is 1. The second-order valence-electron chi connectivity index (χ2n) is 4.82. The van der Waals surface area contributed by atoms with E-state index in [2.05, 4.69) is 17.4 Å². The number of rotatable bonds is 3. The summed E-state index contributed by atoms with van der Waals surface area (Å²) in [6, 6.07) is 9.56. The lowest BCUT2D eigenvalue weighted by Crippen LogP contribution is -2.53. The summed E-state index contributed by atoms with van der Waals surface area (Å²) in [5, 5.41) is 4.44. The lowest BCUT2D eigenvalue weighted by Gasteiger charge is -2.41. The topological polar surface area (TPSA) is 21.3 Å². The third-order valence-electron chi connectivity index (χ3n) is 3.59. The molecule has 1 aliphatic carbocycles. The van der Waals surface area contributed by atoms with Crippen molar-refractivity contribution < 1.29 is 4.74 Å². The van der Waals surface area contributed by atoms with Crippen molar-refractivity contribution in [1.82, 2.24) is 5.32 Å². The van der Waals surface area contributed by atoms with Gasteiger partial charge in [-0.25, -0.2) is 0 Å². The normalized spacial score (nSPS) is 29.6. The predicted octanol–water partition coefficient (Wildman–Crippen LogP) is 2.57. The van der Waals surface area contributed by atoms with Gasteiger partial charge in [-0.2, -0.15) is 0 Å². The zero-order valence-electron chi connectivity index (χ0n) is 9.16. The van der Waals surface area contributed by atoms with Gasteiger partial charge in [0.25, 0.3) is 0 Å². The van der Waals surface area contributed by atoms with Gasteiger partial charge in [-0.15, -0.1) is 0 Å². The largest absolute Gasteiger partial charge is 0.378 e. The molecule has 2 aliphatic rings. The van der Waals surface area contributed by atoms with E-state index in [0.717, 1.165) is 24.2 Å². The highest BCUT2D eigenvalue weighted by molar-refractivity contribution is 6.30. The summed E-state index contributed by atoms with van der Waals surface area (Å²) in [4.78, 5) is 0. The minimum absolute atomic E-state index is 0.608. The van der Waals surface area contributed by atoms with Crippen LogP contribution in [-0.2, 0) is 4.74 Å². The molecule has 0 amide bonds. The standard InChI is InChI=1S/C13H16ClNO/c14-11-3-1-9(2-4-11)10-5-12(6-10)15-13-7-16-8-13/h1-4,10,12-13,15H,5-8H2. The zero-order chi connectivity index (χ0) is 11.0. The van der Waals surface area contributed by atoms with Gasteiger partial charge < -0.3 is 10.1 Å². The highest BCUT2D eigenvalue weighted by Gasteiger charge is 2.33. The molecule has 0 unspecified atom stereocenters. The van der Waals surface area contributed by atoms with Crippen LogP contribution in [0.5, 0.6) is 0 Å². The van der Waals surface area contributed by atoms with E-state index in [9.17, 15) is 0 Å². The fourth-order valence-corrected chi connectivity index (χ4v) is 2.55. The van der Waals surface area contributed by atoms with E-state index in [1.165, 1.54) is 18.4 Å². The Kier molecular flexibility index (Phi) is 2.88. The number of halogens is 1. The summed E-state index contributed by atoms with van der Waals surface area (Å²) in [7, 11) is 0. The molecular formula is C13H16ClNO. The van der Waals surface area contributed by atoms with Crippen molar-refractivity contribution >= 4 is 11.6 Å². The fraction of sp³-hybridized carbons (Fsp3) is 0.538. The van der Waals surface area contributed by atoms with E-state index < -0.39 is 0 Å². The van der Waals surface area contributed by atoms with E-state index in [1.54, 1.807) is 0 Å². The first-order valence-electron chi connectivity index (χ1n) is 5.90. The molecule has 1 aromatic rings. The molecule has 0 spiro atoms. The lowest BCUT2D eigenvalue weighted by atomic mass is 9.75. The van der Waals surface area contributed by atoms with E-state index in [4.69, 9.17) is 16.3 Å². The molecule has 1 aromatic carbocycles. The Hall–Kier alpha value is -0.570. The minimum atomic E-state index is 0.608. The number of nitrogens with one attached hydrogen (secondary N) is 1. The summed E-state index contributed by atoms with van der Waals surface area (Å²) in [6.07, 6.45) is 2.50. The van der Waals surface area contributed by atoms with Crippen LogP contribution in [0.15, 0.2) is 24.3 Å². The van der Waals surface area contributed by atoms with Gasteiger partial charge in [-0.3, -0.25) is 0 Å². The Balaban J connectivity index is 1.50. The number of ether oxygens (including phenoxy) is 1. The van der Waals surface area contributed by atoms with Crippen LogP contribution in [0.3, 0.4) is 0 Å². The molecule has 1 aliphatic heterocycles. The first kappa shape index (κ1) is 10.6. The molecule has 86 valence electrons. The van der Waals surface area contributed by atoms with Crippen molar-refractivity contribution in [3.63, 3.8) is 0 Å². The van der Waals surface area contributed by atoms with Crippen molar-refractivity contribution in [1.29, 1.82) is 0 Å². The molecule has 1 heterocycles. The quantitative estimate of drug-likeness (QED) is 0.873. The van der Waals surface area contributed by atoms with Crippen LogP contribution in [0.4, 0.5) is 0 Å². The first-order valence-corrected chi connectivity index (χ1v) is 6.28. The number of hydrogen-bond acceptors (Lipinski definition) is 2. The Morgan fingerprint density at radius 1 is 1.06 bits per heavy atom. The van der Waals surface area contributed by atoms with Gasteiger partial charge in [0.2, 0.25) is 0 Å². The Bertz CT molecular complexity index is 355. The molecule has 0 bridgehead atoms. The molecule has 3 rings (SSSR count). The molecule has 1 saturated heterocycles. The van der Waals surface area contributed by atoms with Gasteiger partial charge in [0.15, 0.2) is 0 Å². The van der Waals surface area contributed by atoms with E-state index >= 15 is 0 Å². The SMILES string of the molecule is Clc1ccc(C2CC(NC3COC3)C2)cc1. The van der Waals surface area contributed by atoms with Crippen LogP contribution in [0.1, 0.15) is 24.3 Å². The average Bonchev–Trinajstić information content (AvgIpc) is 2.15. The monoisotopic (exact) mass is 237 g/mol. The predicted molar refractivity (Wildman–Crippen MR) is 65.0 cm³/mol. The molecule has 0 atom stereocenters. The van der Waals surface area contributed by atoms with E-state index in [0.29, 0.717) is 12.1 Å². The van der Waals surface area contributed by atoms with Crippen LogP contribution in [-0.4, -0.2) is 25.3 Å². The molecule has 1 N–H and O–H groups in total. The first-order chi connectivity index (χ1) is 7.81. The third kappa shape index (κ3) is 2.10. The van der Waals surface area contributed by atoms with Gasteiger partial charge in [0.1, 0.15) is 0 Å². The molecule has 3 heteroatoms. The lowest BCUT2D eigenvalue weighted by molar-refractivity contribution is -0.0157. The smallest absolute Gasteiger partial charge is 0.0643 e. The van der Waals surface area contributed by atoms with Crippen molar-refractivity contribution in [2.75, 3.05) is 13.2 Å². The molecular weight excluding hydrogens is 222 g/mol. The Labute approximate surface area is 101 Å². The van der Waals surface area contributed by atoms with Crippen LogP contribution in [0.2, 0.25) is 5.02 Å². The molecule has 16 heavy (non-hydrogen) atoms. The summed E-state index contributed by atoms with van der Waals surface area (Å²) >= 11 is 5.88. The average molecular weight is 238 g/mol. The molecule has 2 nitrogen and oxygen atoms in total. The maximum absolute atomic E-state index is 5.88. The molecule has 0 aromatic heterocycles. The van der Waals surface area contributed by atoms with Crippen molar-refractivity contribution in [2.24, 2.45) is 0 Å². The van der Waals surface area contributed by atoms with Gasteiger partial charge in [-0.1, -0.05) is 23.7 Å². The summed E-state index contributed by atoms with van der Waals surface area (Å²) in [5.41, 5.74) is 1.42. The second-order valence-corrected chi connectivity index (χ2v) is 5.25. The van der Waals surface area contributed by atoms with Crippen molar-refractivity contribution in [3.05, 3.63) is 34.9 Å². The van der Waals surface area contributed by atoms with E-state index in [1.807, 2.05) is 12.1 Å². The fourth-order valence-electron chi connectivity index (χ4n) is 2.43. The van der Waals surface area contributed by atoms with Crippen molar-refractivity contribution in [3.8, 4) is 0 Å². The van der Waals surface area contributed by atoms with Gasteiger partial charge >= 0.3 is 0 Å². The number of hydrogen-bond donors (Lipinski definition) is 1. The molecule has 2 fully saturated rings. The third-order valence-corrected chi connectivity index (χ3v) is 3.84. The summed E-state index contributed by atoms with van der Waals surface area (Å²) in [5.74, 6) is 0.718. The van der Waals surface area contributed by atoms with Crippen molar-refractivity contribution in [2.45, 2.75) is 30.8 Å². The zero-order valence-corrected chi connectivity index (χ0v) is 9.91. The van der Waals surface area contributed by atoms with Gasteiger partial charge in [-0.05, 0) is 36.5 Å². The van der Waals surface area contributed by atoms with Gasteiger partial charge in [0, 0.05) is 11.1 Å². The molecule has 0 radical (unpaired) electrons. The molecule has 1 saturated carbocycles. The summed E-state index contributed by atoms with van der Waals surface area (Å²) in [6.45, 7) is 1.78. The van der Waals surface area contributed by atoms with Gasteiger partial charge in [0.05, 0.1) is 19.3 Å². The minimum Gasteiger partial charge on any atom is -0.378 e. The van der Waals surface area contributed by atoms with Crippen LogP contribution in [0.25, 0.3) is 0 Å². The highest BCUT2D eigenvalue weighted by atomic mass is 35.5. The second kappa shape index (κ2) is 4.36. The highest BCUT2D eigenvalue weighted by Crippen LogP contribution is 2.37. The Morgan fingerprint density at radius 2 is 1.75 bits per heavy atom. The van der Waals surface area contributed by atoms with Crippen LogP contribution in [0, 0.1) is 0 Å². The summed E-state index contributed by atoms with van der Waals surface area (Å²) < 4.78 is 5.15. The van der Waals surface area contributed by atoms with Crippen LogP contribution >= 0.6 is 11.6 Å². The Morgan fingerprint density at radius 3 is 2.31 bits per heavy atom. The maximum atomic E-state index is 5.88. The van der Waals surface area contributed by atoms with E-state index in [-0.39, 0.29) is 0 Å². The maximum Gasteiger partial charge on any atom is 0.0643 e.